The van der Waals surface area contributed by atoms with Crippen LogP contribution in [-0.4, -0.2) is 24.4 Å². The van der Waals surface area contributed by atoms with Crippen LogP contribution in [0.2, 0.25) is 0 Å². The largest absolute Gasteiger partial charge is 0.508 e. The molecular weight excluding hydrogens is 250 g/mol. The first-order valence-corrected chi connectivity index (χ1v) is 7.36. The first kappa shape index (κ1) is 13.4. The van der Waals surface area contributed by atoms with Gasteiger partial charge in [-0.15, -0.1) is 0 Å². The molecule has 1 fully saturated rings. The van der Waals surface area contributed by atoms with E-state index >= 15 is 0 Å². The van der Waals surface area contributed by atoms with E-state index in [0.29, 0.717) is 18.4 Å². The molecule has 0 amide bonds. The van der Waals surface area contributed by atoms with Gasteiger partial charge < -0.3 is 15.2 Å². The number of rotatable bonds is 4. The summed E-state index contributed by atoms with van der Waals surface area (Å²) in [6, 6.07) is 11.9. The van der Waals surface area contributed by atoms with Gasteiger partial charge in [0.2, 0.25) is 0 Å². The zero-order valence-electron chi connectivity index (χ0n) is 11.6. The molecule has 2 aromatic rings. The predicted octanol–water partition coefficient (Wildman–Crippen LogP) is 3.20. The van der Waals surface area contributed by atoms with Crippen molar-refractivity contribution in [1.82, 2.24) is 5.32 Å². The second kappa shape index (κ2) is 6.25. The number of phenols is 1. The molecule has 0 aliphatic carbocycles. The molecule has 0 saturated carbocycles. The molecule has 1 saturated heterocycles. The second-order valence-corrected chi connectivity index (χ2v) is 5.40. The Labute approximate surface area is 119 Å². The minimum absolute atomic E-state index is 0.320. The van der Waals surface area contributed by atoms with E-state index in [0.717, 1.165) is 35.9 Å². The molecule has 2 aromatic carbocycles. The summed E-state index contributed by atoms with van der Waals surface area (Å²) in [7, 11) is 0. The molecule has 0 radical (unpaired) electrons. The first-order chi connectivity index (χ1) is 9.84. The summed E-state index contributed by atoms with van der Waals surface area (Å²) in [5, 5.41) is 15.8. The van der Waals surface area contributed by atoms with Crippen LogP contribution in [0.5, 0.6) is 5.75 Å². The highest BCUT2D eigenvalue weighted by molar-refractivity contribution is 5.87. The van der Waals surface area contributed by atoms with Gasteiger partial charge >= 0.3 is 0 Å². The third-order valence-corrected chi connectivity index (χ3v) is 3.96. The number of hydrogen-bond acceptors (Lipinski definition) is 3. The lowest BCUT2D eigenvalue weighted by Gasteiger charge is -2.23. The lowest BCUT2D eigenvalue weighted by Crippen LogP contribution is -2.31. The summed E-state index contributed by atoms with van der Waals surface area (Å²) in [5.74, 6) is 0.362. The molecular formula is C17H21NO2. The van der Waals surface area contributed by atoms with Gasteiger partial charge in [-0.3, -0.25) is 0 Å². The fourth-order valence-electron chi connectivity index (χ4n) is 2.84. The van der Waals surface area contributed by atoms with Gasteiger partial charge in [-0.25, -0.2) is 0 Å². The second-order valence-electron chi connectivity index (χ2n) is 5.40. The maximum Gasteiger partial charge on any atom is 0.120 e. The summed E-state index contributed by atoms with van der Waals surface area (Å²) in [5.41, 5.74) is 0.971. The normalized spacial score (nSPS) is 19.3. The highest BCUT2D eigenvalue weighted by atomic mass is 16.5. The summed E-state index contributed by atoms with van der Waals surface area (Å²) < 4.78 is 5.71. The van der Waals surface area contributed by atoms with Crippen LogP contribution in [0.4, 0.5) is 0 Å². The van der Waals surface area contributed by atoms with E-state index in [1.165, 1.54) is 12.8 Å². The van der Waals surface area contributed by atoms with Crippen LogP contribution in [0.25, 0.3) is 10.8 Å². The van der Waals surface area contributed by atoms with Gasteiger partial charge in [-0.2, -0.15) is 0 Å². The lowest BCUT2D eigenvalue weighted by molar-refractivity contribution is 0.0168. The van der Waals surface area contributed by atoms with E-state index < -0.39 is 0 Å². The van der Waals surface area contributed by atoms with Crippen molar-refractivity contribution in [1.29, 1.82) is 0 Å². The molecule has 0 aromatic heterocycles. The molecule has 3 rings (SSSR count). The highest BCUT2D eigenvalue weighted by Gasteiger charge is 2.13. The fraction of sp³-hybridized carbons (Fsp3) is 0.412. The maximum absolute atomic E-state index is 10.1. The number of fused-ring (bicyclic) bond motifs is 1. The average Bonchev–Trinajstić information content (AvgIpc) is 2.50. The number of hydrogen-bond donors (Lipinski definition) is 2. The molecule has 1 aliphatic heterocycles. The SMILES string of the molecule is Oc1ccc2ccccc2c1CNCC1CCCCO1. The van der Waals surface area contributed by atoms with Crippen molar-refractivity contribution < 1.29 is 9.84 Å². The molecule has 1 heterocycles. The molecule has 20 heavy (non-hydrogen) atoms. The minimum atomic E-state index is 0.320. The molecule has 0 bridgehead atoms. The smallest absolute Gasteiger partial charge is 0.120 e. The van der Waals surface area contributed by atoms with E-state index in [-0.39, 0.29) is 0 Å². The standard InChI is InChI=1S/C17H21NO2/c19-17-9-8-13-5-1-2-7-15(13)16(17)12-18-11-14-6-3-4-10-20-14/h1-2,5,7-9,14,18-19H,3-4,6,10-12H2. The lowest BCUT2D eigenvalue weighted by atomic mass is 10.0. The van der Waals surface area contributed by atoms with Crippen LogP contribution < -0.4 is 5.32 Å². The van der Waals surface area contributed by atoms with E-state index in [1.54, 1.807) is 6.07 Å². The van der Waals surface area contributed by atoms with Gasteiger partial charge in [0.15, 0.2) is 0 Å². The van der Waals surface area contributed by atoms with Gasteiger partial charge in [-0.1, -0.05) is 30.3 Å². The van der Waals surface area contributed by atoms with E-state index in [4.69, 9.17) is 4.74 Å². The Balaban J connectivity index is 1.68. The van der Waals surface area contributed by atoms with E-state index in [2.05, 4.69) is 17.4 Å². The summed E-state index contributed by atoms with van der Waals surface area (Å²) in [6.07, 6.45) is 3.89. The van der Waals surface area contributed by atoms with Crippen LogP contribution in [0.3, 0.4) is 0 Å². The Morgan fingerprint density at radius 3 is 2.90 bits per heavy atom. The van der Waals surface area contributed by atoms with Gasteiger partial charge in [0.1, 0.15) is 5.75 Å². The summed E-state index contributed by atoms with van der Waals surface area (Å²) >= 11 is 0. The molecule has 106 valence electrons. The zero-order chi connectivity index (χ0) is 13.8. The number of benzene rings is 2. The van der Waals surface area contributed by atoms with Gasteiger partial charge in [-0.05, 0) is 36.1 Å². The summed E-state index contributed by atoms with van der Waals surface area (Å²) in [4.78, 5) is 0. The number of phenolic OH excluding ortho intramolecular Hbond substituents is 1. The molecule has 2 N–H and O–H groups in total. The molecule has 1 unspecified atom stereocenters. The Kier molecular flexibility index (Phi) is 4.19. The summed E-state index contributed by atoms with van der Waals surface area (Å²) in [6.45, 7) is 2.40. The molecule has 1 aliphatic rings. The Morgan fingerprint density at radius 2 is 2.05 bits per heavy atom. The predicted molar refractivity (Wildman–Crippen MR) is 80.9 cm³/mol. The topological polar surface area (TPSA) is 41.5 Å². The maximum atomic E-state index is 10.1. The van der Waals surface area contributed by atoms with Crippen molar-refractivity contribution in [2.75, 3.05) is 13.2 Å². The van der Waals surface area contributed by atoms with Crippen molar-refractivity contribution in [2.45, 2.75) is 31.9 Å². The van der Waals surface area contributed by atoms with Crippen molar-refractivity contribution in [2.24, 2.45) is 0 Å². The minimum Gasteiger partial charge on any atom is -0.508 e. The average molecular weight is 271 g/mol. The van der Waals surface area contributed by atoms with E-state index in [1.807, 2.05) is 18.2 Å². The van der Waals surface area contributed by atoms with Crippen molar-refractivity contribution >= 4 is 10.8 Å². The molecule has 1 atom stereocenters. The van der Waals surface area contributed by atoms with Crippen molar-refractivity contribution in [3.8, 4) is 5.75 Å². The molecule has 3 heteroatoms. The van der Waals surface area contributed by atoms with Crippen LogP contribution >= 0.6 is 0 Å². The number of aromatic hydroxyl groups is 1. The third-order valence-electron chi connectivity index (χ3n) is 3.96. The Bertz CT molecular complexity index is 576. The van der Waals surface area contributed by atoms with Crippen molar-refractivity contribution in [3.05, 3.63) is 42.0 Å². The Hall–Kier alpha value is -1.58. The van der Waals surface area contributed by atoms with Crippen LogP contribution in [-0.2, 0) is 11.3 Å². The fourth-order valence-corrected chi connectivity index (χ4v) is 2.84. The molecule has 3 nitrogen and oxygen atoms in total. The third kappa shape index (κ3) is 2.94. The number of nitrogens with one attached hydrogen (secondary N) is 1. The zero-order valence-corrected chi connectivity index (χ0v) is 11.6. The monoisotopic (exact) mass is 271 g/mol. The highest BCUT2D eigenvalue weighted by Crippen LogP contribution is 2.26. The quantitative estimate of drug-likeness (QED) is 0.897. The van der Waals surface area contributed by atoms with E-state index in [9.17, 15) is 5.11 Å². The van der Waals surface area contributed by atoms with Gasteiger partial charge in [0, 0.05) is 25.3 Å². The number of ether oxygens (including phenoxy) is 1. The Morgan fingerprint density at radius 1 is 1.15 bits per heavy atom. The van der Waals surface area contributed by atoms with Crippen LogP contribution in [0, 0.1) is 0 Å². The first-order valence-electron chi connectivity index (χ1n) is 7.36. The van der Waals surface area contributed by atoms with Crippen LogP contribution in [0.1, 0.15) is 24.8 Å². The van der Waals surface area contributed by atoms with Gasteiger partial charge in [0.05, 0.1) is 6.10 Å². The van der Waals surface area contributed by atoms with Crippen LogP contribution in [0.15, 0.2) is 36.4 Å². The molecule has 0 spiro atoms. The van der Waals surface area contributed by atoms with Crippen molar-refractivity contribution in [3.63, 3.8) is 0 Å². The van der Waals surface area contributed by atoms with Gasteiger partial charge in [0.25, 0.3) is 0 Å².